The van der Waals surface area contributed by atoms with Crippen LogP contribution in [0.25, 0.3) is 6.08 Å². The zero-order valence-corrected chi connectivity index (χ0v) is 16.4. The molecule has 0 saturated carbocycles. The number of sulfonamides is 1. The van der Waals surface area contributed by atoms with Gasteiger partial charge in [0.1, 0.15) is 0 Å². The van der Waals surface area contributed by atoms with E-state index < -0.39 is 22.0 Å². The number of carbonyl (C=O) groups excluding carboxylic acids is 2. The number of benzene rings is 2. The van der Waals surface area contributed by atoms with Gasteiger partial charge in [0.2, 0.25) is 10.0 Å². The molecule has 8 heteroatoms. The van der Waals surface area contributed by atoms with Gasteiger partial charge in [0.05, 0.1) is 0 Å². The molecule has 2 rings (SSSR count). The largest absolute Gasteiger partial charge is 0.423 e. The third-order valence-corrected chi connectivity index (χ3v) is 4.58. The van der Waals surface area contributed by atoms with E-state index in [1.807, 2.05) is 30.3 Å². The zero-order valence-electron chi connectivity index (χ0n) is 15.5. The van der Waals surface area contributed by atoms with Crippen LogP contribution in [0.2, 0.25) is 0 Å². The first-order valence-corrected chi connectivity index (χ1v) is 10.0. The molecule has 0 saturated heterocycles. The Labute approximate surface area is 164 Å². The molecular formula is C20H21NO6S. The average molecular weight is 403 g/mol. The molecule has 0 heterocycles. The lowest BCUT2D eigenvalue weighted by Gasteiger charge is -2.09. The van der Waals surface area contributed by atoms with Crippen molar-refractivity contribution >= 4 is 28.0 Å². The minimum Gasteiger partial charge on any atom is -0.423 e. The van der Waals surface area contributed by atoms with Gasteiger partial charge in [-0.25, -0.2) is 13.1 Å². The van der Waals surface area contributed by atoms with Gasteiger partial charge in [0.15, 0.2) is 11.5 Å². The molecule has 2 aromatic rings. The summed E-state index contributed by atoms with van der Waals surface area (Å²) < 4.78 is 36.7. The number of hydrogen-bond acceptors (Lipinski definition) is 6. The van der Waals surface area contributed by atoms with E-state index in [2.05, 4.69) is 4.72 Å². The van der Waals surface area contributed by atoms with Crippen LogP contribution in [0.1, 0.15) is 25.0 Å². The maximum absolute atomic E-state index is 12.1. The topological polar surface area (TPSA) is 98.8 Å². The summed E-state index contributed by atoms with van der Waals surface area (Å²) in [7, 11) is -3.64. The molecule has 148 valence electrons. The molecule has 0 aliphatic heterocycles. The monoisotopic (exact) mass is 403 g/mol. The standard InChI is InChI=1S/C20H21NO6S/c1-15(22)26-19-9-8-18(14-20(19)27-16(2)23)11-13-28(24,25)21-12-10-17-6-4-3-5-7-17/h3-9,11,13-14,21H,10,12H2,1-2H3/b13-11+. The molecule has 0 spiro atoms. The highest BCUT2D eigenvalue weighted by Gasteiger charge is 2.11. The second-order valence-corrected chi connectivity index (χ2v) is 7.52. The minimum absolute atomic E-state index is 0.0271. The lowest BCUT2D eigenvalue weighted by atomic mass is 10.2. The van der Waals surface area contributed by atoms with Gasteiger partial charge in [-0.2, -0.15) is 0 Å². The van der Waals surface area contributed by atoms with E-state index >= 15 is 0 Å². The Bertz CT molecular complexity index is 967. The molecule has 0 bridgehead atoms. The van der Waals surface area contributed by atoms with Crippen molar-refractivity contribution in [3.63, 3.8) is 0 Å². The van der Waals surface area contributed by atoms with E-state index in [4.69, 9.17) is 9.47 Å². The van der Waals surface area contributed by atoms with Crippen LogP contribution in [0.15, 0.2) is 53.9 Å². The molecule has 0 aromatic heterocycles. The van der Waals surface area contributed by atoms with Gasteiger partial charge in [-0.15, -0.1) is 0 Å². The molecule has 0 aliphatic rings. The molecular weight excluding hydrogens is 382 g/mol. The molecule has 0 fully saturated rings. The first-order valence-electron chi connectivity index (χ1n) is 8.48. The Balaban J connectivity index is 2.06. The van der Waals surface area contributed by atoms with Crippen molar-refractivity contribution in [3.05, 3.63) is 65.1 Å². The van der Waals surface area contributed by atoms with Crippen LogP contribution in [0.4, 0.5) is 0 Å². The maximum Gasteiger partial charge on any atom is 0.308 e. The number of rotatable bonds is 8. The molecule has 0 amide bonds. The van der Waals surface area contributed by atoms with Crippen molar-refractivity contribution in [1.82, 2.24) is 4.72 Å². The number of nitrogens with one attached hydrogen (secondary N) is 1. The first-order chi connectivity index (χ1) is 13.2. The zero-order chi connectivity index (χ0) is 20.6. The van der Waals surface area contributed by atoms with Crippen molar-refractivity contribution in [2.45, 2.75) is 20.3 Å². The highest BCUT2D eigenvalue weighted by atomic mass is 32.2. The van der Waals surface area contributed by atoms with E-state index in [1.165, 1.54) is 32.1 Å². The fourth-order valence-corrected chi connectivity index (χ4v) is 3.12. The van der Waals surface area contributed by atoms with E-state index in [0.29, 0.717) is 12.0 Å². The fraction of sp³-hybridized carbons (Fsp3) is 0.200. The Morgan fingerprint density at radius 3 is 2.25 bits per heavy atom. The summed E-state index contributed by atoms with van der Waals surface area (Å²) in [4.78, 5) is 22.4. The van der Waals surface area contributed by atoms with Gasteiger partial charge in [-0.05, 0) is 35.8 Å². The van der Waals surface area contributed by atoms with Crippen molar-refractivity contribution in [1.29, 1.82) is 0 Å². The average Bonchev–Trinajstić information content (AvgIpc) is 2.62. The quantitative estimate of drug-likeness (QED) is 0.537. The molecule has 28 heavy (non-hydrogen) atoms. The van der Waals surface area contributed by atoms with Crippen LogP contribution in [0.5, 0.6) is 11.5 Å². The lowest BCUT2D eigenvalue weighted by Crippen LogP contribution is -2.23. The van der Waals surface area contributed by atoms with Crippen molar-refractivity contribution in [2.24, 2.45) is 0 Å². The van der Waals surface area contributed by atoms with E-state index in [1.54, 1.807) is 6.07 Å². The number of hydrogen-bond donors (Lipinski definition) is 1. The van der Waals surface area contributed by atoms with E-state index in [0.717, 1.165) is 11.0 Å². The fourth-order valence-electron chi connectivity index (χ4n) is 2.30. The predicted molar refractivity (Wildman–Crippen MR) is 105 cm³/mol. The molecule has 2 aromatic carbocycles. The lowest BCUT2D eigenvalue weighted by molar-refractivity contribution is -0.134. The Kier molecular flexibility index (Phi) is 7.48. The SMILES string of the molecule is CC(=O)Oc1ccc(/C=C/S(=O)(=O)NCCc2ccccc2)cc1OC(C)=O. The van der Waals surface area contributed by atoms with Crippen LogP contribution in [-0.4, -0.2) is 26.9 Å². The van der Waals surface area contributed by atoms with Gasteiger partial charge in [-0.3, -0.25) is 9.59 Å². The normalized spacial score (nSPS) is 11.4. The highest BCUT2D eigenvalue weighted by molar-refractivity contribution is 7.92. The molecule has 0 radical (unpaired) electrons. The third kappa shape index (κ3) is 7.34. The van der Waals surface area contributed by atoms with Crippen molar-refractivity contribution < 1.29 is 27.5 Å². The molecule has 1 N–H and O–H groups in total. The summed E-state index contributed by atoms with van der Waals surface area (Å²) in [5.41, 5.74) is 1.49. The second kappa shape index (κ2) is 9.82. The highest BCUT2D eigenvalue weighted by Crippen LogP contribution is 2.29. The van der Waals surface area contributed by atoms with Gasteiger partial charge in [0, 0.05) is 25.8 Å². The summed E-state index contributed by atoms with van der Waals surface area (Å²) in [5.74, 6) is -1.06. The van der Waals surface area contributed by atoms with Crippen molar-refractivity contribution in [3.8, 4) is 11.5 Å². The summed E-state index contributed by atoms with van der Waals surface area (Å²) in [6, 6.07) is 13.9. The van der Waals surface area contributed by atoms with Crippen LogP contribution in [0.3, 0.4) is 0 Å². The van der Waals surface area contributed by atoms with E-state index in [-0.39, 0.29) is 18.0 Å². The Morgan fingerprint density at radius 1 is 0.964 bits per heavy atom. The van der Waals surface area contributed by atoms with Gasteiger partial charge in [0.25, 0.3) is 0 Å². The summed E-state index contributed by atoms with van der Waals surface area (Å²) in [6.07, 6.45) is 1.93. The van der Waals surface area contributed by atoms with Gasteiger partial charge >= 0.3 is 11.9 Å². The Hall–Kier alpha value is -2.97. The molecule has 7 nitrogen and oxygen atoms in total. The van der Waals surface area contributed by atoms with E-state index in [9.17, 15) is 18.0 Å². The number of carbonyl (C=O) groups is 2. The summed E-state index contributed by atoms with van der Waals surface area (Å²) >= 11 is 0. The Morgan fingerprint density at radius 2 is 1.61 bits per heavy atom. The number of esters is 2. The predicted octanol–water partition coefficient (Wildman–Crippen LogP) is 2.67. The smallest absolute Gasteiger partial charge is 0.308 e. The summed E-state index contributed by atoms with van der Waals surface area (Å²) in [5, 5.41) is 1.02. The van der Waals surface area contributed by atoms with Crippen LogP contribution in [-0.2, 0) is 26.0 Å². The first kappa shape index (κ1) is 21.3. The third-order valence-electron chi connectivity index (χ3n) is 3.47. The van der Waals surface area contributed by atoms with Gasteiger partial charge in [-0.1, -0.05) is 36.4 Å². The maximum atomic E-state index is 12.1. The van der Waals surface area contributed by atoms with Crippen LogP contribution >= 0.6 is 0 Å². The number of ether oxygens (including phenoxy) is 2. The molecule has 0 aliphatic carbocycles. The summed E-state index contributed by atoms with van der Waals surface area (Å²) in [6.45, 7) is 2.70. The van der Waals surface area contributed by atoms with Crippen LogP contribution < -0.4 is 14.2 Å². The van der Waals surface area contributed by atoms with Crippen LogP contribution in [0, 0.1) is 0 Å². The van der Waals surface area contributed by atoms with Crippen molar-refractivity contribution in [2.75, 3.05) is 6.54 Å². The second-order valence-electron chi connectivity index (χ2n) is 5.87. The van der Waals surface area contributed by atoms with Gasteiger partial charge < -0.3 is 9.47 Å². The minimum atomic E-state index is -3.64. The molecule has 0 atom stereocenters. The molecule has 0 unspecified atom stereocenters.